The van der Waals surface area contributed by atoms with Gasteiger partial charge in [-0.25, -0.2) is 0 Å². The van der Waals surface area contributed by atoms with E-state index in [4.69, 9.17) is 0 Å². The minimum atomic E-state index is -0.654. The summed E-state index contributed by atoms with van der Waals surface area (Å²) in [4.78, 5) is 23.4. The van der Waals surface area contributed by atoms with E-state index in [0.717, 1.165) is 5.56 Å². The maximum absolute atomic E-state index is 12.1. The molecule has 0 aliphatic heterocycles. The normalized spacial score (nSPS) is 12.0. The highest BCUT2D eigenvalue weighted by Gasteiger charge is 2.15. The number of aliphatic hydroxyl groups excluding tert-OH is 1. The summed E-state index contributed by atoms with van der Waals surface area (Å²) in [5.41, 5.74) is 1.91. The van der Waals surface area contributed by atoms with Crippen molar-refractivity contribution in [2.45, 2.75) is 19.4 Å². The lowest BCUT2D eigenvalue weighted by Crippen LogP contribution is -2.34. The molecule has 0 radical (unpaired) electrons. The summed E-state index contributed by atoms with van der Waals surface area (Å²) in [5, 5.41) is 12.7. The SMILES string of the molecule is CC(=O)c1cc(C(=O)NCC(O)Cc2ccccc2)n(C)c1. The van der Waals surface area contributed by atoms with E-state index >= 15 is 0 Å². The standard InChI is InChI=1S/C17H20N2O3/c1-12(20)14-9-16(19(2)11-14)17(22)18-10-15(21)8-13-6-4-3-5-7-13/h3-7,9,11,15,21H,8,10H2,1-2H3,(H,18,22). The summed E-state index contributed by atoms with van der Waals surface area (Å²) in [6.07, 6.45) is 1.45. The van der Waals surface area contributed by atoms with E-state index in [1.807, 2.05) is 30.3 Å². The predicted molar refractivity (Wildman–Crippen MR) is 83.9 cm³/mol. The maximum Gasteiger partial charge on any atom is 0.268 e. The Hall–Kier alpha value is -2.40. The zero-order valence-corrected chi connectivity index (χ0v) is 12.7. The minimum absolute atomic E-state index is 0.0845. The molecule has 0 bridgehead atoms. The first-order valence-electron chi connectivity index (χ1n) is 7.15. The van der Waals surface area contributed by atoms with E-state index in [2.05, 4.69) is 5.32 Å². The van der Waals surface area contributed by atoms with Crippen molar-refractivity contribution in [3.05, 3.63) is 59.4 Å². The van der Waals surface area contributed by atoms with Gasteiger partial charge in [0.1, 0.15) is 5.69 Å². The number of rotatable bonds is 6. The van der Waals surface area contributed by atoms with Gasteiger partial charge in [-0.15, -0.1) is 0 Å². The molecule has 5 heteroatoms. The van der Waals surface area contributed by atoms with Gasteiger partial charge < -0.3 is 15.0 Å². The highest BCUT2D eigenvalue weighted by molar-refractivity contribution is 5.99. The fourth-order valence-electron chi connectivity index (χ4n) is 2.24. The van der Waals surface area contributed by atoms with Crippen LogP contribution >= 0.6 is 0 Å². The zero-order valence-electron chi connectivity index (χ0n) is 12.7. The Morgan fingerprint density at radius 3 is 2.55 bits per heavy atom. The minimum Gasteiger partial charge on any atom is -0.391 e. The lowest BCUT2D eigenvalue weighted by Gasteiger charge is -2.12. The van der Waals surface area contributed by atoms with Crippen LogP contribution in [0.2, 0.25) is 0 Å². The number of aliphatic hydroxyl groups is 1. The molecule has 1 aromatic carbocycles. The number of aromatic nitrogens is 1. The molecular weight excluding hydrogens is 280 g/mol. The van der Waals surface area contributed by atoms with Crippen molar-refractivity contribution >= 4 is 11.7 Å². The second-order valence-corrected chi connectivity index (χ2v) is 5.33. The smallest absolute Gasteiger partial charge is 0.268 e. The molecule has 22 heavy (non-hydrogen) atoms. The summed E-state index contributed by atoms with van der Waals surface area (Å²) >= 11 is 0. The molecule has 0 fully saturated rings. The highest BCUT2D eigenvalue weighted by atomic mass is 16.3. The van der Waals surface area contributed by atoms with Crippen LogP contribution in [0.1, 0.15) is 33.3 Å². The molecular formula is C17H20N2O3. The quantitative estimate of drug-likeness (QED) is 0.795. The first-order valence-corrected chi connectivity index (χ1v) is 7.15. The molecule has 1 amide bonds. The zero-order chi connectivity index (χ0) is 16.1. The van der Waals surface area contributed by atoms with E-state index in [0.29, 0.717) is 17.7 Å². The number of hydrogen-bond donors (Lipinski definition) is 2. The molecule has 2 N–H and O–H groups in total. The summed E-state index contributed by atoms with van der Waals surface area (Å²) in [7, 11) is 1.71. The Kier molecular flexibility index (Phi) is 5.12. The number of carbonyl (C=O) groups is 2. The van der Waals surface area contributed by atoms with Gasteiger partial charge in [-0.3, -0.25) is 9.59 Å². The van der Waals surface area contributed by atoms with Crippen molar-refractivity contribution in [3.8, 4) is 0 Å². The van der Waals surface area contributed by atoms with E-state index in [1.165, 1.54) is 6.92 Å². The number of benzene rings is 1. The lowest BCUT2D eigenvalue weighted by molar-refractivity contribution is 0.0908. The molecule has 1 atom stereocenters. The molecule has 5 nitrogen and oxygen atoms in total. The number of nitrogens with zero attached hydrogens (tertiary/aromatic N) is 1. The molecule has 1 heterocycles. The lowest BCUT2D eigenvalue weighted by atomic mass is 10.1. The highest BCUT2D eigenvalue weighted by Crippen LogP contribution is 2.08. The third kappa shape index (κ3) is 4.05. The van der Waals surface area contributed by atoms with Crippen LogP contribution in [0, 0.1) is 0 Å². The Labute approximate surface area is 129 Å². The van der Waals surface area contributed by atoms with Crippen LogP contribution in [-0.4, -0.2) is 34.0 Å². The summed E-state index contributed by atoms with van der Waals surface area (Å²) in [6.45, 7) is 1.62. The average Bonchev–Trinajstić information content (AvgIpc) is 2.88. The Morgan fingerprint density at radius 2 is 1.95 bits per heavy atom. The van der Waals surface area contributed by atoms with Gasteiger partial charge in [-0.1, -0.05) is 30.3 Å². The second kappa shape index (κ2) is 7.04. The van der Waals surface area contributed by atoms with Crippen LogP contribution in [-0.2, 0) is 13.5 Å². The van der Waals surface area contributed by atoms with Crippen LogP contribution in [0.5, 0.6) is 0 Å². The van der Waals surface area contributed by atoms with Gasteiger partial charge in [0, 0.05) is 31.8 Å². The van der Waals surface area contributed by atoms with Crippen LogP contribution in [0.3, 0.4) is 0 Å². The van der Waals surface area contributed by atoms with Crippen molar-refractivity contribution in [1.29, 1.82) is 0 Å². The summed E-state index contributed by atoms with van der Waals surface area (Å²) < 4.78 is 1.61. The maximum atomic E-state index is 12.1. The number of aryl methyl sites for hydroxylation is 1. The van der Waals surface area contributed by atoms with Crippen LogP contribution in [0.4, 0.5) is 0 Å². The summed E-state index contributed by atoms with van der Waals surface area (Å²) in [5.74, 6) is -0.388. The number of amides is 1. The van der Waals surface area contributed by atoms with Gasteiger partial charge >= 0.3 is 0 Å². The first-order chi connectivity index (χ1) is 10.5. The molecule has 0 saturated heterocycles. The largest absolute Gasteiger partial charge is 0.391 e. The Balaban J connectivity index is 1.91. The van der Waals surface area contributed by atoms with E-state index in [1.54, 1.807) is 23.9 Å². The molecule has 2 aromatic rings. The fraction of sp³-hybridized carbons (Fsp3) is 0.294. The number of ketones is 1. The number of nitrogens with one attached hydrogen (secondary N) is 1. The molecule has 1 aromatic heterocycles. The van der Waals surface area contributed by atoms with Crippen molar-refractivity contribution in [2.24, 2.45) is 7.05 Å². The number of hydrogen-bond acceptors (Lipinski definition) is 3. The van der Waals surface area contributed by atoms with Gasteiger partial charge in [-0.2, -0.15) is 0 Å². The first kappa shape index (κ1) is 16.0. The Morgan fingerprint density at radius 1 is 1.27 bits per heavy atom. The van der Waals surface area contributed by atoms with Crippen molar-refractivity contribution in [2.75, 3.05) is 6.54 Å². The van der Waals surface area contributed by atoms with Gasteiger partial charge in [0.05, 0.1) is 6.10 Å². The average molecular weight is 300 g/mol. The van der Waals surface area contributed by atoms with Gasteiger partial charge in [0.2, 0.25) is 0 Å². The van der Waals surface area contributed by atoms with Crippen LogP contribution in [0.15, 0.2) is 42.6 Å². The van der Waals surface area contributed by atoms with E-state index in [9.17, 15) is 14.7 Å². The van der Waals surface area contributed by atoms with Crippen molar-refractivity contribution in [3.63, 3.8) is 0 Å². The topological polar surface area (TPSA) is 71.3 Å². The van der Waals surface area contributed by atoms with Crippen LogP contribution < -0.4 is 5.32 Å². The van der Waals surface area contributed by atoms with Crippen molar-refractivity contribution in [1.82, 2.24) is 9.88 Å². The molecule has 0 saturated carbocycles. The van der Waals surface area contributed by atoms with Gasteiger partial charge in [0.15, 0.2) is 5.78 Å². The molecule has 2 rings (SSSR count). The monoisotopic (exact) mass is 300 g/mol. The fourth-order valence-corrected chi connectivity index (χ4v) is 2.24. The number of Topliss-reactive ketones (excluding diaryl/α,β-unsaturated/α-hetero) is 1. The van der Waals surface area contributed by atoms with Gasteiger partial charge in [0.25, 0.3) is 5.91 Å². The van der Waals surface area contributed by atoms with E-state index < -0.39 is 6.10 Å². The van der Waals surface area contributed by atoms with Crippen molar-refractivity contribution < 1.29 is 14.7 Å². The third-order valence-corrected chi connectivity index (χ3v) is 3.46. The van der Waals surface area contributed by atoms with E-state index in [-0.39, 0.29) is 18.2 Å². The molecule has 0 spiro atoms. The summed E-state index contributed by atoms with van der Waals surface area (Å²) in [6, 6.07) is 11.2. The molecule has 116 valence electrons. The van der Waals surface area contributed by atoms with Gasteiger partial charge in [-0.05, 0) is 18.6 Å². The predicted octanol–water partition coefficient (Wildman–Crippen LogP) is 1.56. The Bertz CT molecular complexity index is 662. The molecule has 1 unspecified atom stereocenters. The molecule has 0 aliphatic rings. The molecule has 0 aliphatic carbocycles. The van der Waals surface area contributed by atoms with Crippen LogP contribution in [0.25, 0.3) is 0 Å². The number of carbonyl (C=O) groups excluding carboxylic acids is 2. The second-order valence-electron chi connectivity index (χ2n) is 5.33. The third-order valence-electron chi connectivity index (χ3n) is 3.46.